The second-order valence-corrected chi connectivity index (χ2v) is 5.94. The van der Waals surface area contributed by atoms with Crippen molar-refractivity contribution in [3.63, 3.8) is 0 Å². The van der Waals surface area contributed by atoms with Gasteiger partial charge in [0.15, 0.2) is 0 Å². The monoisotopic (exact) mass is 262 g/mol. The summed E-state index contributed by atoms with van der Waals surface area (Å²) in [4.78, 5) is 20.0. The van der Waals surface area contributed by atoms with Gasteiger partial charge in [0.1, 0.15) is 11.4 Å². The second-order valence-electron chi connectivity index (χ2n) is 5.94. The highest BCUT2D eigenvalue weighted by Crippen LogP contribution is 2.32. The van der Waals surface area contributed by atoms with E-state index in [1.54, 1.807) is 0 Å². The Balaban J connectivity index is 2.01. The molecule has 4 heteroatoms. The van der Waals surface area contributed by atoms with Crippen LogP contribution in [0.1, 0.15) is 62.5 Å². The molecule has 19 heavy (non-hydrogen) atoms. The number of aryl methyl sites for hydroxylation is 1. The standard InChI is InChI=1S/C15H22N2O2/c1-15(9-5-6-10-19-15)14-16-12-8-4-2-3-7-11(12)13(18)17-14/h2-10H2,1H3,(H,16,17,18). The number of ether oxygens (including phenoxy) is 1. The molecule has 2 heterocycles. The zero-order chi connectivity index (χ0) is 13.3. The van der Waals surface area contributed by atoms with Crippen LogP contribution in [0.3, 0.4) is 0 Å². The van der Waals surface area contributed by atoms with Crippen molar-refractivity contribution in [2.75, 3.05) is 6.61 Å². The summed E-state index contributed by atoms with van der Waals surface area (Å²) in [7, 11) is 0. The Labute approximate surface area is 113 Å². The lowest BCUT2D eigenvalue weighted by molar-refractivity contribution is -0.0763. The third-order valence-electron chi connectivity index (χ3n) is 4.41. The lowest BCUT2D eigenvalue weighted by Gasteiger charge is -2.33. The normalized spacial score (nSPS) is 27.6. The van der Waals surface area contributed by atoms with E-state index in [-0.39, 0.29) is 5.56 Å². The first-order valence-electron chi connectivity index (χ1n) is 7.45. The van der Waals surface area contributed by atoms with Gasteiger partial charge in [-0.15, -0.1) is 0 Å². The zero-order valence-electron chi connectivity index (χ0n) is 11.6. The molecule has 1 aromatic rings. The molecular formula is C15H22N2O2. The summed E-state index contributed by atoms with van der Waals surface area (Å²) in [6.45, 7) is 2.81. The summed E-state index contributed by atoms with van der Waals surface area (Å²) in [6, 6.07) is 0. The Morgan fingerprint density at radius 3 is 2.79 bits per heavy atom. The van der Waals surface area contributed by atoms with E-state index < -0.39 is 5.60 Å². The van der Waals surface area contributed by atoms with Crippen LogP contribution >= 0.6 is 0 Å². The first-order valence-corrected chi connectivity index (χ1v) is 7.45. The number of nitrogens with one attached hydrogen (secondary N) is 1. The van der Waals surface area contributed by atoms with Crippen LogP contribution in [0.2, 0.25) is 0 Å². The molecule has 1 atom stereocenters. The molecule has 1 unspecified atom stereocenters. The minimum atomic E-state index is -0.404. The average molecular weight is 262 g/mol. The quantitative estimate of drug-likeness (QED) is 0.791. The SMILES string of the molecule is CC1(c2nc3c(c(=O)[nH]2)CCCCC3)CCCCO1. The maximum atomic E-state index is 12.3. The van der Waals surface area contributed by atoms with Gasteiger partial charge in [0.25, 0.3) is 5.56 Å². The van der Waals surface area contributed by atoms with Crippen LogP contribution in [-0.4, -0.2) is 16.6 Å². The van der Waals surface area contributed by atoms with E-state index in [0.717, 1.165) is 68.6 Å². The topological polar surface area (TPSA) is 55.0 Å². The van der Waals surface area contributed by atoms with Crippen molar-refractivity contribution in [2.45, 2.75) is 63.9 Å². The van der Waals surface area contributed by atoms with Crippen LogP contribution in [0.4, 0.5) is 0 Å². The van der Waals surface area contributed by atoms with Gasteiger partial charge < -0.3 is 9.72 Å². The second kappa shape index (κ2) is 5.08. The number of H-pyrrole nitrogens is 1. The molecule has 1 saturated heterocycles. The lowest BCUT2D eigenvalue weighted by atomic mass is 9.94. The van der Waals surface area contributed by atoms with Crippen LogP contribution in [-0.2, 0) is 23.2 Å². The maximum absolute atomic E-state index is 12.3. The number of aromatic amines is 1. The number of hydrogen-bond acceptors (Lipinski definition) is 3. The molecule has 1 aliphatic heterocycles. The van der Waals surface area contributed by atoms with Crippen LogP contribution in [0, 0.1) is 0 Å². The Morgan fingerprint density at radius 2 is 2.00 bits per heavy atom. The molecule has 104 valence electrons. The third-order valence-corrected chi connectivity index (χ3v) is 4.41. The summed E-state index contributed by atoms with van der Waals surface area (Å²) in [5.74, 6) is 0.734. The minimum Gasteiger partial charge on any atom is -0.367 e. The molecule has 1 N–H and O–H groups in total. The summed E-state index contributed by atoms with van der Waals surface area (Å²) < 4.78 is 5.90. The molecule has 2 aliphatic rings. The molecule has 0 spiro atoms. The highest BCUT2D eigenvalue weighted by Gasteiger charge is 2.33. The van der Waals surface area contributed by atoms with Crippen LogP contribution < -0.4 is 5.56 Å². The highest BCUT2D eigenvalue weighted by atomic mass is 16.5. The van der Waals surface area contributed by atoms with Crippen LogP contribution in [0.15, 0.2) is 4.79 Å². The number of fused-ring (bicyclic) bond motifs is 1. The summed E-state index contributed by atoms with van der Waals surface area (Å²) in [5.41, 5.74) is 1.56. The third kappa shape index (κ3) is 2.46. The Bertz CT molecular complexity index is 515. The van der Waals surface area contributed by atoms with Crippen molar-refractivity contribution >= 4 is 0 Å². The molecule has 0 aromatic carbocycles. The number of nitrogens with zero attached hydrogens (tertiary/aromatic N) is 1. The van der Waals surface area contributed by atoms with E-state index in [4.69, 9.17) is 9.72 Å². The molecule has 3 rings (SSSR count). The lowest BCUT2D eigenvalue weighted by Crippen LogP contribution is -2.35. The maximum Gasteiger partial charge on any atom is 0.254 e. The van der Waals surface area contributed by atoms with Gasteiger partial charge in [-0.2, -0.15) is 0 Å². The number of hydrogen-bond donors (Lipinski definition) is 1. The zero-order valence-corrected chi connectivity index (χ0v) is 11.6. The van der Waals surface area contributed by atoms with Crippen molar-refractivity contribution in [1.29, 1.82) is 0 Å². The van der Waals surface area contributed by atoms with Gasteiger partial charge in [-0.1, -0.05) is 6.42 Å². The van der Waals surface area contributed by atoms with Crippen molar-refractivity contribution < 1.29 is 4.74 Å². The van der Waals surface area contributed by atoms with Crippen molar-refractivity contribution in [3.05, 3.63) is 27.4 Å². The fourth-order valence-corrected chi connectivity index (χ4v) is 3.15. The van der Waals surface area contributed by atoms with Crippen molar-refractivity contribution in [2.24, 2.45) is 0 Å². The Morgan fingerprint density at radius 1 is 1.16 bits per heavy atom. The van der Waals surface area contributed by atoms with Crippen molar-refractivity contribution in [1.82, 2.24) is 9.97 Å². The molecule has 4 nitrogen and oxygen atoms in total. The van der Waals surface area contributed by atoms with E-state index in [0.29, 0.717) is 0 Å². The predicted octanol–water partition coefficient (Wildman–Crippen LogP) is 2.45. The van der Waals surface area contributed by atoms with Gasteiger partial charge >= 0.3 is 0 Å². The van der Waals surface area contributed by atoms with Gasteiger partial charge in [0.2, 0.25) is 0 Å². The van der Waals surface area contributed by atoms with Crippen LogP contribution in [0.5, 0.6) is 0 Å². The van der Waals surface area contributed by atoms with Gasteiger partial charge in [-0.25, -0.2) is 4.98 Å². The number of rotatable bonds is 1. The summed E-state index contributed by atoms with van der Waals surface area (Å²) >= 11 is 0. The molecule has 0 bridgehead atoms. The summed E-state index contributed by atoms with van der Waals surface area (Å²) in [6.07, 6.45) is 8.42. The fraction of sp³-hybridized carbons (Fsp3) is 0.733. The molecule has 0 radical (unpaired) electrons. The minimum absolute atomic E-state index is 0.0531. The average Bonchev–Trinajstić information content (AvgIpc) is 2.65. The van der Waals surface area contributed by atoms with Crippen molar-refractivity contribution in [3.8, 4) is 0 Å². The predicted molar refractivity (Wildman–Crippen MR) is 73.3 cm³/mol. The first-order chi connectivity index (χ1) is 9.19. The van der Waals surface area contributed by atoms with Gasteiger partial charge in [-0.05, 0) is 51.9 Å². The van der Waals surface area contributed by atoms with Gasteiger partial charge in [0.05, 0.1) is 5.69 Å². The molecule has 0 saturated carbocycles. The molecule has 1 aliphatic carbocycles. The molecule has 0 amide bonds. The smallest absolute Gasteiger partial charge is 0.254 e. The molecular weight excluding hydrogens is 240 g/mol. The highest BCUT2D eigenvalue weighted by molar-refractivity contribution is 5.21. The Kier molecular flexibility index (Phi) is 3.44. The van der Waals surface area contributed by atoms with E-state index in [1.807, 2.05) is 6.92 Å². The largest absolute Gasteiger partial charge is 0.367 e. The van der Waals surface area contributed by atoms with Crippen LogP contribution in [0.25, 0.3) is 0 Å². The summed E-state index contributed by atoms with van der Waals surface area (Å²) in [5, 5.41) is 0. The van der Waals surface area contributed by atoms with Gasteiger partial charge in [0, 0.05) is 12.2 Å². The number of aromatic nitrogens is 2. The Hall–Kier alpha value is -1.16. The molecule has 1 fully saturated rings. The first kappa shape index (κ1) is 12.9. The van der Waals surface area contributed by atoms with E-state index >= 15 is 0 Å². The van der Waals surface area contributed by atoms with E-state index in [1.165, 1.54) is 6.42 Å². The van der Waals surface area contributed by atoms with Gasteiger partial charge in [-0.3, -0.25) is 4.79 Å². The van der Waals surface area contributed by atoms with E-state index in [9.17, 15) is 4.79 Å². The fourth-order valence-electron chi connectivity index (χ4n) is 3.15. The molecule has 1 aromatic heterocycles. The van der Waals surface area contributed by atoms with E-state index in [2.05, 4.69) is 4.98 Å².